The molecule has 3 nitrogen and oxygen atoms in total. The number of rotatable bonds is 3. The van der Waals surface area contributed by atoms with Crippen LogP contribution in [0.25, 0.3) is 20.8 Å². The minimum atomic E-state index is -0.0625. The van der Waals surface area contributed by atoms with Gasteiger partial charge in [-0.25, -0.2) is 4.98 Å². The van der Waals surface area contributed by atoms with E-state index in [1.807, 2.05) is 24.3 Å². The van der Waals surface area contributed by atoms with E-state index < -0.39 is 0 Å². The molecule has 0 saturated heterocycles. The Morgan fingerprint density at radius 1 is 0.913 bits per heavy atom. The fraction of sp³-hybridized carbons (Fsp3) is 0.167. The fourth-order valence-electron chi connectivity index (χ4n) is 1.93. The summed E-state index contributed by atoms with van der Waals surface area (Å²) in [6.07, 6.45) is 0.0833. The van der Waals surface area contributed by atoms with Crippen molar-refractivity contribution in [2.24, 2.45) is 0 Å². The average Bonchev–Trinajstić information content (AvgIpc) is 2.91. The van der Waals surface area contributed by atoms with Crippen molar-refractivity contribution in [2.75, 3.05) is 0 Å². The van der Waals surface area contributed by atoms with Crippen LogP contribution < -0.4 is 0 Å². The summed E-state index contributed by atoms with van der Waals surface area (Å²) < 4.78 is 1.25. The predicted octanol–water partition coefficient (Wildman–Crippen LogP) is 4.52. The van der Waals surface area contributed by atoms with Crippen molar-refractivity contribution >= 4 is 33.1 Å². The third-order valence-electron chi connectivity index (χ3n) is 2.81. The maximum absolute atomic E-state index is 10.0. The monoisotopic (exact) mass is 504 g/mol. The van der Waals surface area contributed by atoms with Crippen LogP contribution in [0.5, 0.6) is 0 Å². The molecule has 0 amide bonds. The minimum Gasteiger partial charge on any atom is -0.300 e. The Morgan fingerprint density at radius 3 is 2.00 bits per heavy atom. The van der Waals surface area contributed by atoms with Gasteiger partial charge in [0.25, 0.3) is 0 Å². The average molecular weight is 504 g/mol. The van der Waals surface area contributed by atoms with Gasteiger partial charge in [0, 0.05) is 25.7 Å². The van der Waals surface area contributed by atoms with Crippen molar-refractivity contribution in [1.29, 1.82) is 0 Å². The molecule has 0 aliphatic heterocycles. The second-order valence-corrected chi connectivity index (χ2v) is 5.96. The molecular weight excluding hydrogens is 486 g/mol. The number of hydrogen-bond acceptors (Lipinski definition) is 4. The number of benzene rings is 2. The third kappa shape index (κ3) is 6.14. The molecule has 1 heterocycles. The molecule has 1 radical (unpaired) electrons. The van der Waals surface area contributed by atoms with E-state index in [0.717, 1.165) is 10.5 Å². The van der Waals surface area contributed by atoms with Gasteiger partial charge in [-0.15, -0.1) is 11.3 Å². The number of aromatic nitrogens is 1. The van der Waals surface area contributed by atoms with Crippen LogP contribution in [0, 0.1) is 0 Å². The van der Waals surface area contributed by atoms with Gasteiger partial charge < -0.3 is 0 Å². The number of fused-ring (bicyclic) bond motifs is 1. The van der Waals surface area contributed by atoms with Crippen LogP contribution in [0.3, 0.4) is 0 Å². The van der Waals surface area contributed by atoms with E-state index >= 15 is 0 Å². The SMILES string of the molecule is CC(=O)CC(C)=O.[Ir].c1ccc(-c2nc3ccccc3s2)cc1. The first-order chi connectivity index (χ1) is 10.6. The van der Waals surface area contributed by atoms with Crippen molar-refractivity contribution in [2.45, 2.75) is 20.3 Å². The predicted molar refractivity (Wildman–Crippen MR) is 91.0 cm³/mol. The third-order valence-corrected chi connectivity index (χ3v) is 3.90. The van der Waals surface area contributed by atoms with E-state index in [1.165, 1.54) is 24.1 Å². The summed E-state index contributed by atoms with van der Waals surface area (Å²) in [6, 6.07) is 18.5. The molecule has 2 aromatic carbocycles. The van der Waals surface area contributed by atoms with Gasteiger partial charge in [0.1, 0.15) is 16.6 Å². The first-order valence-electron chi connectivity index (χ1n) is 6.96. The van der Waals surface area contributed by atoms with Gasteiger partial charge in [-0.05, 0) is 26.0 Å². The fourth-order valence-corrected chi connectivity index (χ4v) is 2.90. The van der Waals surface area contributed by atoms with Crippen LogP contribution in [0.15, 0.2) is 54.6 Å². The van der Waals surface area contributed by atoms with Crippen LogP contribution >= 0.6 is 11.3 Å². The van der Waals surface area contributed by atoms with E-state index in [2.05, 4.69) is 35.3 Å². The second-order valence-electron chi connectivity index (χ2n) is 4.93. The zero-order chi connectivity index (χ0) is 15.9. The van der Waals surface area contributed by atoms with E-state index in [1.54, 1.807) is 11.3 Å². The number of carbonyl (C=O) groups is 2. The minimum absolute atomic E-state index is 0. The number of carbonyl (C=O) groups excluding carboxylic acids is 2. The summed E-state index contributed by atoms with van der Waals surface area (Å²) in [7, 11) is 0. The Labute approximate surface area is 153 Å². The first-order valence-corrected chi connectivity index (χ1v) is 7.78. The summed E-state index contributed by atoms with van der Waals surface area (Å²) in [5, 5.41) is 1.09. The van der Waals surface area contributed by atoms with Gasteiger partial charge in [0.2, 0.25) is 0 Å². The molecule has 3 aromatic rings. The molecule has 0 spiro atoms. The number of ketones is 2. The number of nitrogens with zero attached hydrogens (tertiary/aromatic N) is 1. The summed E-state index contributed by atoms with van der Waals surface area (Å²) in [4.78, 5) is 24.7. The molecule has 23 heavy (non-hydrogen) atoms. The van der Waals surface area contributed by atoms with Gasteiger partial charge in [-0.1, -0.05) is 42.5 Å². The van der Waals surface area contributed by atoms with Crippen LogP contribution in [0.4, 0.5) is 0 Å². The standard InChI is InChI=1S/C13H9NS.C5H8O2.Ir/c1-2-6-10(7-3-1)13-14-11-8-4-5-9-12(11)15-13;1-4(6)3-5(2)7;/h1-9H;3H2,1-2H3;. The molecule has 0 bridgehead atoms. The molecule has 0 saturated carbocycles. The second kappa shape index (κ2) is 9.46. The summed E-state index contributed by atoms with van der Waals surface area (Å²) in [5.41, 5.74) is 2.28. The molecule has 0 atom stereocenters. The number of hydrogen-bond donors (Lipinski definition) is 0. The number of para-hydroxylation sites is 1. The molecule has 121 valence electrons. The first kappa shape index (κ1) is 19.4. The molecule has 0 fully saturated rings. The topological polar surface area (TPSA) is 47.0 Å². The molecule has 0 aliphatic carbocycles. The molecular formula is C18H17IrNO2S. The van der Waals surface area contributed by atoms with Crippen molar-refractivity contribution < 1.29 is 29.7 Å². The van der Waals surface area contributed by atoms with Crippen LogP contribution in [0.2, 0.25) is 0 Å². The summed E-state index contributed by atoms with van der Waals surface area (Å²) >= 11 is 1.74. The van der Waals surface area contributed by atoms with Gasteiger partial charge >= 0.3 is 0 Å². The van der Waals surface area contributed by atoms with Gasteiger partial charge in [0.05, 0.1) is 16.6 Å². The smallest absolute Gasteiger partial charge is 0.137 e. The van der Waals surface area contributed by atoms with Gasteiger partial charge in [-0.2, -0.15) is 0 Å². The largest absolute Gasteiger partial charge is 0.300 e. The quantitative estimate of drug-likeness (QED) is 0.494. The molecule has 0 N–H and O–H groups in total. The van der Waals surface area contributed by atoms with Crippen LogP contribution in [0.1, 0.15) is 20.3 Å². The normalized spacial score (nSPS) is 9.48. The zero-order valence-electron chi connectivity index (χ0n) is 12.9. The Bertz CT molecular complexity index is 739. The van der Waals surface area contributed by atoms with E-state index in [9.17, 15) is 9.59 Å². The van der Waals surface area contributed by atoms with Crippen molar-refractivity contribution in [3.05, 3.63) is 54.6 Å². The zero-order valence-corrected chi connectivity index (χ0v) is 16.1. The summed E-state index contributed by atoms with van der Waals surface area (Å²) in [5.74, 6) is -0.125. The molecule has 0 unspecified atom stereocenters. The Morgan fingerprint density at radius 2 is 1.48 bits per heavy atom. The van der Waals surface area contributed by atoms with E-state index in [-0.39, 0.29) is 38.1 Å². The van der Waals surface area contributed by atoms with Crippen LogP contribution in [-0.2, 0) is 29.7 Å². The maximum atomic E-state index is 10.0. The van der Waals surface area contributed by atoms with E-state index in [0.29, 0.717) is 0 Å². The molecule has 1 aromatic heterocycles. The Balaban J connectivity index is 0.000000287. The summed E-state index contributed by atoms with van der Waals surface area (Å²) in [6.45, 7) is 2.81. The number of thiazole rings is 1. The Hall–Kier alpha value is -1.68. The Kier molecular flexibility index (Phi) is 7.96. The molecule has 5 heteroatoms. The van der Waals surface area contributed by atoms with Crippen molar-refractivity contribution in [3.8, 4) is 10.6 Å². The molecule has 3 rings (SSSR count). The van der Waals surface area contributed by atoms with Crippen LogP contribution in [-0.4, -0.2) is 16.6 Å². The van der Waals surface area contributed by atoms with Gasteiger partial charge in [0.15, 0.2) is 0 Å². The molecule has 0 aliphatic rings. The van der Waals surface area contributed by atoms with Crippen molar-refractivity contribution in [3.63, 3.8) is 0 Å². The van der Waals surface area contributed by atoms with Crippen molar-refractivity contribution in [1.82, 2.24) is 4.98 Å². The number of Topliss-reactive ketones (excluding diaryl/α,β-unsaturated/α-hetero) is 2. The van der Waals surface area contributed by atoms with E-state index in [4.69, 9.17) is 0 Å². The van der Waals surface area contributed by atoms with Gasteiger partial charge in [-0.3, -0.25) is 9.59 Å². The maximum Gasteiger partial charge on any atom is 0.137 e.